The molecule has 0 aromatic carbocycles. The third kappa shape index (κ3) is 3.56. The predicted molar refractivity (Wildman–Crippen MR) is 119 cm³/mol. The van der Waals surface area contributed by atoms with Gasteiger partial charge in [-0.05, 0) is 59.2 Å². The first kappa shape index (κ1) is 19.0. The van der Waals surface area contributed by atoms with Crippen LogP contribution in [0.4, 0.5) is 0 Å². The lowest BCUT2D eigenvalue weighted by Gasteiger charge is -2.39. The third-order valence-electron chi connectivity index (χ3n) is 5.93. The van der Waals surface area contributed by atoms with Crippen molar-refractivity contribution in [1.82, 2.24) is 9.80 Å². The van der Waals surface area contributed by atoms with E-state index in [1.807, 2.05) is 22.4 Å². The van der Waals surface area contributed by atoms with Crippen LogP contribution in [0.25, 0.3) is 0 Å². The highest BCUT2D eigenvalue weighted by atomic mass is 32.1. The van der Waals surface area contributed by atoms with Gasteiger partial charge in [-0.3, -0.25) is 9.59 Å². The van der Waals surface area contributed by atoms with Crippen molar-refractivity contribution in [3.63, 3.8) is 0 Å². The second-order valence-corrected chi connectivity index (χ2v) is 10.5. The molecule has 3 aromatic heterocycles. The van der Waals surface area contributed by atoms with E-state index in [-0.39, 0.29) is 23.8 Å². The van der Waals surface area contributed by atoms with Gasteiger partial charge in [0.2, 0.25) is 5.91 Å². The SMILES string of the molecule is O=C(c1cccs1)N1CCC(C(=O)N2CCc3sccc3C2c2cccs2)CC1. The van der Waals surface area contributed by atoms with Crippen molar-refractivity contribution in [2.45, 2.75) is 25.3 Å². The summed E-state index contributed by atoms with van der Waals surface area (Å²) in [4.78, 5) is 33.6. The molecule has 1 fully saturated rings. The van der Waals surface area contributed by atoms with E-state index >= 15 is 0 Å². The minimum atomic E-state index is 0.00466. The first-order valence-electron chi connectivity index (χ1n) is 9.95. The molecule has 5 rings (SSSR count). The van der Waals surface area contributed by atoms with Crippen molar-refractivity contribution in [1.29, 1.82) is 0 Å². The van der Waals surface area contributed by atoms with E-state index in [9.17, 15) is 9.59 Å². The normalized spacial score (nSPS) is 19.9. The Bertz CT molecular complexity index is 985. The van der Waals surface area contributed by atoms with Crippen molar-refractivity contribution in [3.8, 4) is 0 Å². The van der Waals surface area contributed by atoms with E-state index in [1.165, 1.54) is 26.7 Å². The zero-order valence-electron chi connectivity index (χ0n) is 16.0. The molecular weight excluding hydrogens is 420 g/mol. The number of likely N-dealkylation sites (tertiary alicyclic amines) is 1. The van der Waals surface area contributed by atoms with E-state index < -0.39 is 0 Å². The fourth-order valence-electron chi connectivity index (χ4n) is 4.43. The van der Waals surface area contributed by atoms with E-state index in [0.29, 0.717) is 13.1 Å². The molecule has 29 heavy (non-hydrogen) atoms. The lowest BCUT2D eigenvalue weighted by molar-refractivity contribution is -0.139. The Morgan fingerprint density at radius 1 is 0.897 bits per heavy atom. The smallest absolute Gasteiger partial charge is 0.263 e. The third-order valence-corrected chi connectivity index (χ3v) is 8.70. The molecule has 2 aliphatic rings. The Hall–Kier alpha value is -1.96. The summed E-state index contributed by atoms with van der Waals surface area (Å²) in [6, 6.07) is 10.2. The van der Waals surface area contributed by atoms with Gasteiger partial charge in [-0.15, -0.1) is 34.0 Å². The summed E-state index contributed by atoms with van der Waals surface area (Å²) in [6.07, 6.45) is 2.44. The fraction of sp³-hybridized carbons (Fsp3) is 0.364. The number of fused-ring (bicyclic) bond motifs is 1. The van der Waals surface area contributed by atoms with Crippen LogP contribution in [-0.2, 0) is 11.2 Å². The van der Waals surface area contributed by atoms with Crippen LogP contribution in [0.3, 0.4) is 0 Å². The Kier molecular flexibility index (Phi) is 5.28. The summed E-state index contributed by atoms with van der Waals surface area (Å²) in [5.74, 6) is 0.358. The van der Waals surface area contributed by atoms with E-state index in [1.54, 1.807) is 22.7 Å². The number of carbonyl (C=O) groups excluding carboxylic acids is 2. The van der Waals surface area contributed by atoms with Gasteiger partial charge in [-0.2, -0.15) is 0 Å². The number of amides is 2. The maximum atomic E-state index is 13.5. The highest BCUT2D eigenvalue weighted by molar-refractivity contribution is 7.12. The molecule has 0 radical (unpaired) electrons. The van der Waals surface area contributed by atoms with Gasteiger partial charge in [0, 0.05) is 35.3 Å². The summed E-state index contributed by atoms with van der Waals surface area (Å²) in [7, 11) is 0. The number of thiophene rings is 3. The van der Waals surface area contributed by atoms with Crippen LogP contribution in [0.5, 0.6) is 0 Å². The van der Waals surface area contributed by atoms with Gasteiger partial charge in [-0.1, -0.05) is 12.1 Å². The maximum Gasteiger partial charge on any atom is 0.263 e. The average Bonchev–Trinajstić information content (AvgIpc) is 3.54. The van der Waals surface area contributed by atoms with Gasteiger partial charge in [0.05, 0.1) is 10.9 Å². The summed E-state index contributed by atoms with van der Waals surface area (Å²) < 4.78 is 0. The minimum Gasteiger partial charge on any atom is -0.338 e. The molecule has 1 saturated heterocycles. The Balaban J connectivity index is 1.31. The first-order chi connectivity index (χ1) is 14.2. The molecule has 5 heterocycles. The Labute approximate surface area is 182 Å². The monoisotopic (exact) mass is 442 g/mol. The second kappa shape index (κ2) is 8.05. The van der Waals surface area contributed by atoms with Crippen molar-refractivity contribution in [2.75, 3.05) is 19.6 Å². The first-order valence-corrected chi connectivity index (χ1v) is 12.6. The molecule has 7 heteroatoms. The van der Waals surface area contributed by atoms with E-state index in [4.69, 9.17) is 0 Å². The molecule has 150 valence electrons. The number of hydrogen-bond donors (Lipinski definition) is 0. The average molecular weight is 443 g/mol. The molecule has 0 bridgehead atoms. The highest BCUT2D eigenvalue weighted by Crippen LogP contribution is 2.40. The van der Waals surface area contributed by atoms with Crippen molar-refractivity contribution in [3.05, 3.63) is 66.7 Å². The lowest BCUT2D eigenvalue weighted by atomic mass is 9.91. The van der Waals surface area contributed by atoms with Crippen LogP contribution in [0.15, 0.2) is 46.5 Å². The standard InChI is InChI=1S/C22H22N2O2S3/c25-21(15-5-9-23(10-6-15)22(26)19-4-2-13-28-19)24-11-7-17-16(8-14-29-17)20(24)18-3-1-12-27-18/h1-4,8,12-15,20H,5-7,9-11H2. The number of nitrogens with zero attached hydrogens (tertiary/aromatic N) is 2. The maximum absolute atomic E-state index is 13.5. The van der Waals surface area contributed by atoms with Gasteiger partial charge in [0.1, 0.15) is 0 Å². The Morgan fingerprint density at radius 2 is 1.69 bits per heavy atom. The zero-order chi connectivity index (χ0) is 19.8. The van der Waals surface area contributed by atoms with Crippen LogP contribution < -0.4 is 0 Å². The largest absolute Gasteiger partial charge is 0.338 e. The topological polar surface area (TPSA) is 40.6 Å². The number of carbonyl (C=O) groups is 2. The Morgan fingerprint density at radius 3 is 2.41 bits per heavy atom. The van der Waals surface area contributed by atoms with Crippen LogP contribution in [-0.4, -0.2) is 41.2 Å². The molecule has 0 saturated carbocycles. The van der Waals surface area contributed by atoms with Crippen LogP contribution in [0.2, 0.25) is 0 Å². The lowest BCUT2D eigenvalue weighted by Crippen LogP contribution is -2.47. The van der Waals surface area contributed by atoms with Gasteiger partial charge in [-0.25, -0.2) is 0 Å². The van der Waals surface area contributed by atoms with Gasteiger partial charge < -0.3 is 9.80 Å². The van der Waals surface area contributed by atoms with Gasteiger partial charge in [0.15, 0.2) is 0 Å². The molecule has 3 aromatic rings. The highest BCUT2D eigenvalue weighted by Gasteiger charge is 2.38. The van der Waals surface area contributed by atoms with Crippen molar-refractivity contribution < 1.29 is 9.59 Å². The van der Waals surface area contributed by atoms with Gasteiger partial charge in [0.25, 0.3) is 5.91 Å². The summed E-state index contributed by atoms with van der Waals surface area (Å²) in [5, 5.41) is 6.17. The van der Waals surface area contributed by atoms with Crippen molar-refractivity contribution in [2.24, 2.45) is 5.92 Å². The molecule has 1 unspecified atom stereocenters. The second-order valence-electron chi connectivity index (χ2n) is 7.54. The number of piperidine rings is 1. The number of rotatable bonds is 3. The zero-order valence-corrected chi connectivity index (χ0v) is 18.4. The molecular formula is C22H22N2O2S3. The quantitative estimate of drug-likeness (QED) is 0.579. The molecule has 0 N–H and O–H groups in total. The molecule has 1 atom stereocenters. The van der Waals surface area contributed by atoms with Crippen molar-refractivity contribution >= 4 is 45.8 Å². The molecule has 4 nitrogen and oxygen atoms in total. The summed E-state index contributed by atoms with van der Waals surface area (Å²) in [6.45, 7) is 2.10. The number of hydrogen-bond acceptors (Lipinski definition) is 5. The van der Waals surface area contributed by atoms with Crippen LogP contribution in [0, 0.1) is 5.92 Å². The predicted octanol–water partition coefficient (Wildman–Crippen LogP) is 4.90. The van der Waals surface area contributed by atoms with Gasteiger partial charge >= 0.3 is 0 Å². The van der Waals surface area contributed by atoms with Crippen LogP contribution >= 0.6 is 34.0 Å². The summed E-state index contributed by atoms with van der Waals surface area (Å²) in [5.41, 5.74) is 1.29. The molecule has 0 spiro atoms. The molecule has 2 amide bonds. The summed E-state index contributed by atoms with van der Waals surface area (Å²) >= 11 is 5.01. The van der Waals surface area contributed by atoms with E-state index in [2.05, 4.69) is 33.9 Å². The fourth-order valence-corrected chi connectivity index (χ4v) is 6.88. The minimum absolute atomic E-state index is 0.00466. The molecule has 0 aliphatic carbocycles. The van der Waals surface area contributed by atoms with Crippen LogP contribution in [0.1, 0.15) is 43.9 Å². The van der Waals surface area contributed by atoms with E-state index in [0.717, 1.165) is 30.7 Å². The molecule has 2 aliphatic heterocycles.